The van der Waals surface area contributed by atoms with E-state index in [1.165, 1.54) is 0 Å². The highest BCUT2D eigenvalue weighted by Crippen LogP contribution is 2.38. The summed E-state index contributed by atoms with van der Waals surface area (Å²) in [5.41, 5.74) is 4.23. The van der Waals surface area contributed by atoms with E-state index in [4.69, 9.17) is 24.0 Å². The maximum Gasteiger partial charge on any atom is 0.359 e. The van der Waals surface area contributed by atoms with Crippen molar-refractivity contribution < 1.29 is 23.7 Å². The van der Waals surface area contributed by atoms with Crippen LogP contribution >= 0.6 is 0 Å². The van der Waals surface area contributed by atoms with Crippen LogP contribution in [0.5, 0.6) is 11.5 Å². The zero-order valence-electron chi connectivity index (χ0n) is 22.6. The molecule has 0 amide bonds. The first kappa shape index (κ1) is 25.2. The van der Waals surface area contributed by atoms with Gasteiger partial charge in [-0.1, -0.05) is 0 Å². The van der Waals surface area contributed by atoms with Crippen LogP contribution in [0.2, 0.25) is 0 Å². The number of carbonyl (C=O) groups is 1. The van der Waals surface area contributed by atoms with Crippen molar-refractivity contribution in [3.8, 4) is 28.4 Å². The molecule has 41 heavy (non-hydrogen) atoms. The molecule has 0 bridgehead atoms. The quantitative estimate of drug-likeness (QED) is 0.310. The summed E-state index contributed by atoms with van der Waals surface area (Å²) < 4.78 is 26.5. The van der Waals surface area contributed by atoms with Crippen LogP contribution < -0.4 is 14.8 Å². The Morgan fingerprint density at radius 2 is 2.12 bits per heavy atom. The van der Waals surface area contributed by atoms with Crippen molar-refractivity contribution in [2.75, 3.05) is 58.9 Å². The van der Waals surface area contributed by atoms with Crippen molar-refractivity contribution in [3.63, 3.8) is 0 Å². The van der Waals surface area contributed by atoms with Crippen LogP contribution in [-0.2, 0) is 9.47 Å². The first-order valence-electron chi connectivity index (χ1n) is 13.3. The van der Waals surface area contributed by atoms with Crippen LogP contribution in [0.25, 0.3) is 33.5 Å². The summed E-state index contributed by atoms with van der Waals surface area (Å²) in [5, 5.41) is 13.0. The molecule has 1 fully saturated rings. The van der Waals surface area contributed by atoms with Gasteiger partial charge in [-0.15, -0.1) is 0 Å². The van der Waals surface area contributed by atoms with E-state index < -0.39 is 5.97 Å². The van der Waals surface area contributed by atoms with Gasteiger partial charge in [0.2, 0.25) is 0 Å². The molecule has 2 aliphatic heterocycles. The van der Waals surface area contributed by atoms with Gasteiger partial charge in [-0.05, 0) is 19.2 Å². The number of esters is 1. The minimum atomic E-state index is -0.562. The highest BCUT2D eigenvalue weighted by molar-refractivity contribution is 6.03. The molecule has 2 aliphatic rings. The zero-order valence-corrected chi connectivity index (χ0v) is 22.6. The molecule has 210 valence electrons. The number of fused-ring (bicyclic) bond motifs is 3. The number of pyridine rings is 1. The van der Waals surface area contributed by atoms with E-state index in [2.05, 4.69) is 25.3 Å². The Hall–Kier alpha value is -4.75. The molecular weight excluding hydrogens is 528 g/mol. The number of benzene rings is 1. The topological polar surface area (TPSA) is 130 Å². The second kappa shape index (κ2) is 10.3. The number of morpholine rings is 1. The Morgan fingerprint density at radius 1 is 1.20 bits per heavy atom. The Kier molecular flexibility index (Phi) is 6.36. The highest BCUT2D eigenvalue weighted by Gasteiger charge is 2.26. The summed E-state index contributed by atoms with van der Waals surface area (Å²) in [4.78, 5) is 24.7. The molecule has 7 rings (SSSR count). The van der Waals surface area contributed by atoms with Gasteiger partial charge in [-0.2, -0.15) is 10.2 Å². The molecule has 0 radical (unpaired) electrons. The fourth-order valence-corrected chi connectivity index (χ4v) is 5.19. The predicted octanol–water partition coefficient (Wildman–Crippen LogP) is 2.43. The summed E-state index contributed by atoms with van der Waals surface area (Å²) in [6.45, 7) is 3.47. The lowest BCUT2D eigenvalue weighted by molar-refractivity contribution is -0.0529. The van der Waals surface area contributed by atoms with Crippen LogP contribution in [0.4, 0.5) is 5.69 Å². The van der Waals surface area contributed by atoms with Gasteiger partial charge < -0.3 is 29.2 Å². The molecule has 1 atom stereocenters. The largest absolute Gasteiger partial charge is 0.494 e. The third-order valence-corrected chi connectivity index (χ3v) is 7.24. The normalized spacial score (nSPS) is 17.2. The van der Waals surface area contributed by atoms with Crippen LogP contribution in [-0.4, -0.2) is 99.9 Å². The third-order valence-electron chi connectivity index (χ3n) is 7.24. The first-order chi connectivity index (χ1) is 20.1. The van der Waals surface area contributed by atoms with E-state index in [9.17, 15) is 4.79 Å². The number of methoxy groups -OCH3 is 1. The second-order valence-corrected chi connectivity index (χ2v) is 9.94. The first-order valence-corrected chi connectivity index (χ1v) is 13.3. The Morgan fingerprint density at radius 3 is 3.00 bits per heavy atom. The van der Waals surface area contributed by atoms with E-state index in [0.717, 1.165) is 17.8 Å². The van der Waals surface area contributed by atoms with Crippen LogP contribution in [0.1, 0.15) is 10.5 Å². The summed E-state index contributed by atoms with van der Waals surface area (Å²) in [5.74, 6) is 0.660. The molecule has 1 saturated heterocycles. The van der Waals surface area contributed by atoms with E-state index in [0.29, 0.717) is 65.7 Å². The molecule has 0 spiro atoms. The molecular formula is C28H28N8O5. The number of aromatic nitrogens is 6. The predicted molar refractivity (Wildman–Crippen MR) is 149 cm³/mol. The number of anilines is 1. The number of carbonyl (C=O) groups excluding carboxylic acids is 1. The number of nitrogens with one attached hydrogen (secondary N) is 1. The number of hydrogen-bond donors (Lipinski definition) is 1. The number of likely N-dealkylation sites (N-methyl/N-ethyl adjacent to an activating group) is 1. The SMILES string of the molecule is COc1cc2c(cc1-n1nc(C(=O)OCC3CN(C)CCO3)c3cnc(-c4cnn5cccnc45)cc31)OCCN2. The van der Waals surface area contributed by atoms with Crippen molar-refractivity contribution in [1.82, 2.24) is 34.3 Å². The van der Waals surface area contributed by atoms with Crippen LogP contribution in [0.3, 0.4) is 0 Å². The Bertz CT molecular complexity index is 1770. The number of hydrogen-bond acceptors (Lipinski definition) is 11. The molecule has 5 aromatic rings. The third kappa shape index (κ3) is 4.58. The highest BCUT2D eigenvalue weighted by atomic mass is 16.6. The number of ether oxygens (including phenoxy) is 4. The van der Waals surface area contributed by atoms with Gasteiger partial charge in [0.05, 0.1) is 47.8 Å². The lowest BCUT2D eigenvalue weighted by atomic mass is 10.1. The lowest BCUT2D eigenvalue weighted by Gasteiger charge is -2.29. The molecule has 13 heteroatoms. The van der Waals surface area contributed by atoms with Gasteiger partial charge >= 0.3 is 5.97 Å². The summed E-state index contributed by atoms with van der Waals surface area (Å²) in [6.07, 6.45) is 6.67. The molecule has 13 nitrogen and oxygen atoms in total. The van der Waals surface area contributed by atoms with Gasteiger partial charge in [0, 0.05) is 50.4 Å². The van der Waals surface area contributed by atoms with Gasteiger partial charge in [-0.3, -0.25) is 4.98 Å². The van der Waals surface area contributed by atoms with E-state index in [1.807, 2.05) is 37.5 Å². The molecule has 1 unspecified atom stereocenters. The smallest absolute Gasteiger partial charge is 0.359 e. The summed E-state index contributed by atoms with van der Waals surface area (Å²) in [7, 11) is 3.61. The fourth-order valence-electron chi connectivity index (χ4n) is 5.19. The van der Waals surface area contributed by atoms with E-state index in [1.54, 1.807) is 34.9 Å². The molecule has 0 saturated carbocycles. The monoisotopic (exact) mass is 556 g/mol. The maximum absolute atomic E-state index is 13.4. The lowest BCUT2D eigenvalue weighted by Crippen LogP contribution is -2.42. The molecule has 0 aliphatic carbocycles. The van der Waals surface area contributed by atoms with Gasteiger partial charge in [0.1, 0.15) is 36.5 Å². The zero-order chi connectivity index (χ0) is 27.9. The molecule has 1 aromatic carbocycles. The van der Waals surface area contributed by atoms with Gasteiger partial charge in [0.25, 0.3) is 0 Å². The minimum Gasteiger partial charge on any atom is -0.494 e. The number of nitrogens with zero attached hydrogens (tertiary/aromatic N) is 7. The molecule has 6 heterocycles. The standard InChI is InChI=1S/C28H28N8O5/c1-34-7-9-39-17(15-34)16-41-28(37)26-19-13-31-20(18-14-32-35-6-3-4-30-27(18)35)10-22(19)36(33-26)23-12-24-21(11-25(23)38-2)29-5-8-40-24/h3-4,6,10-14,17,29H,5,7-9,15-16H2,1-2H3. The maximum atomic E-state index is 13.4. The summed E-state index contributed by atoms with van der Waals surface area (Å²) >= 11 is 0. The van der Waals surface area contributed by atoms with Crippen LogP contribution in [0.15, 0.2) is 49.1 Å². The Labute approximate surface area is 234 Å². The van der Waals surface area contributed by atoms with E-state index in [-0.39, 0.29) is 18.4 Å². The van der Waals surface area contributed by atoms with E-state index >= 15 is 0 Å². The minimum absolute atomic E-state index is 0.124. The van der Waals surface area contributed by atoms with Crippen molar-refractivity contribution >= 4 is 28.2 Å². The number of rotatable bonds is 6. The van der Waals surface area contributed by atoms with Crippen molar-refractivity contribution in [2.45, 2.75) is 6.10 Å². The van der Waals surface area contributed by atoms with Crippen molar-refractivity contribution in [2.24, 2.45) is 0 Å². The Balaban J connectivity index is 1.34. The fraction of sp³-hybridized carbons (Fsp3) is 0.321. The summed E-state index contributed by atoms with van der Waals surface area (Å²) in [6, 6.07) is 7.39. The van der Waals surface area contributed by atoms with Crippen molar-refractivity contribution in [1.29, 1.82) is 0 Å². The average molecular weight is 557 g/mol. The molecule has 1 N–H and O–H groups in total. The van der Waals surface area contributed by atoms with Crippen LogP contribution in [0, 0.1) is 0 Å². The van der Waals surface area contributed by atoms with Crippen molar-refractivity contribution in [3.05, 3.63) is 54.7 Å². The molecule has 4 aromatic heterocycles. The second-order valence-electron chi connectivity index (χ2n) is 9.94. The average Bonchev–Trinajstić information content (AvgIpc) is 3.61. The van der Waals surface area contributed by atoms with Gasteiger partial charge in [-0.25, -0.2) is 19.0 Å². The van der Waals surface area contributed by atoms with Gasteiger partial charge in [0.15, 0.2) is 11.3 Å².